The quantitative estimate of drug-likeness (QED) is 0.399. The van der Waals surface area contributed by atoms with Crippen LogP contribution in [0.1, 0.15) is 12.8 Å². The van der Waals surface area contributed by atoms with Crippen LogP contribution in [0.25, 0.3) is 0 Å². The molecule has 1 aliphatic carbocycles. The van der Waals surface area contributed by atoms with Gasteiger partial charge in [0, 0.05) is 24.9 Å². The molecule has 3 heterocycles. The van der Waals surface area contributed by atoms with Crippen LogP contribution in [0.3, 0.4) is 0 Å². The van der Waals surface area contributed by atoms with Crippen molar-refractivity contribution in [2.75, 3.05) is 13.1 Å². The van der Waals surface area contributed by atoms with Crippen molar-refractivity contribution < 1.29 is 4.79 Å². The van der Waals surface area contributed by atoms with Gasteiger partial charge in [-0.1, -0.05) is 22.6 Å². The van der Waals surface area contributed by atoms with Gasteiger partial charge in [0.05, 0.1) is 3.55 Å². The zero-order valence-corrected chi connectivity index (χ0v) is 8.87. The Kier molecular flexibility index (Phi) is 1.42. The Morgan fingerprint density at radius 3 is 2.50 bits per heavy atom. The van der Waals surface area contributed by atoms with Crippen LogP contribution in [-0.4, -0.2) is 27.4 Å². The summed E-state index contributed by atoms with van der Waals surface area (Å²) in [4.78, 5) is 11.7. The molecule has 4 aliphatic rings. The largest absolute Gasteiger partial charge is 0.299 e. The van der Waals surface area contributed by atoms with Crippen molar-refractivity contribution in [3.63, 3.8) is 0 Å². The first kappa shape index (κ1) is 7.70. The van der Waals surface area contributed by atoms with E-state index in [1.807, 2.05) is 0 Å². The highest BCUT2D eigenvalue weighted by Gasteiger charge is 2.53. The number of rotatable bonds is 0. The smallest absolute Gasteiger partial charge is 0.141 e. The fraction of sp³-hybridized carbons (Fsp3) is 0.875. The molecule has 0 aromatic heterocycles. The third-order valence-electron chi connectivity index (χ3n) is 3.18. The van der Waals surface area contributed by atoms with Gasteiger partial charge in [-0.3, -0.25) is 4.79 Å². The Morgan fingerprint density at radius 1 is 1.42 bits per heavy atom. The van der Waals surface area contributed by atoms with Crippen molar-refractivity contribution in [1.29, 1.82) is 0 Å². The summed E-state index contributed by atoms with van der Waals surface area (Å²) in [6.07, 6.45) is 2.08. The summed E-state index contributed by atoms with van der Waals surface area (Å²) < 4.78 is 0.206. The van der Waals surface area contributed by atoms with E-state index in [4.69, 9.17) is 0 Å². The SMILES string of the molecule is O=C1C2CN3CC1CC(I)(C2)N3. The normalized spacial score (nSPS) is 56.4. The average molecular weight is 278 g/mol. The second-order valence-corrected chi connectivity index (χ2v) is 6.25. The van der Waals surface area contributed by atoms with Gasteiger partial charge in [0.1, 0.15) is 5.78 Å². The van der Waals surface area contributed by atoms with Crippen LogP contribution < -0.4 is 5.43 Å². The minimum atomic E-state index is 0.206. The lowest BCUT2D eigenvalue weighted by molar-refractivity contribution is -0.146. The molecule has 4 heteroatoms. The number of carbonyl (C=O) groups is 1. The first-order valence-electron chi connectivity index (χ1n) is 4.42. The van der Waals surface area contributed by atoms with E-state index in [2.05, 4.69) is 33.0 Å². The summed E-state index contributed by atoms with van der Waals surface area (Å²) in [5, 5.41) is 2.23. The van der Waals surface area contributed by atoms with E-state index in [-0.39, 0.29) is 3.55 Å². The molecule has 0 amide bonds. The van der Waals surface area contributed by atoms with Crippen LogP contribution in [0, 0.1) is 11.8 Å². The number of Topliss-reactive ketones (excluding diaryl/α,β-unsaturated/α-hetero) is 1. The van der Waals surface area contributed by atoms with E-state index in [9.17, 15) is 4.79 Å². The van der Waals surface area contributed by atoms with E-state index in [1.54, 1.807) is 0 Å². The lowest BCUT2D eigenvalue weighted by Gasteiger charge is -2.55. The van der Waals surface area contributed by atoms with Gasteiger partial charge in [-0.05, 0) is 12.8 Å². The van der Waals surface area contributed by atoms with Gasteiger partial charge in [-0.25, -0.2) is 10.4 Å². The van der Waals surface area contributed by atoms with Gasteiger partial charge in [-0.2, -0.15) is 0 Å². The number of hydrogen-bond donors (Lipinski definition) is 1. The fourth-order valence-corrected chi connectivity index (χ4v) is 4.18. The summed E-state index contributed by atoms with van der Waals surface area (Å²) in [5.41, 5.74) is 3.48. The van der Waals surface area contributed by atoms with Crippen molar-refractivity contribution in [3.05, 3.63) is 0 Å². The molecule has 3 saturated heterocycles. The second kappa shape index (κ2) is 2.22. The summed E-state index contributed by atoms with van der Waals surface area (Å²) in [6.45, 7) is 1.89. The van der Waals surface area contributed by atoms with Crippen molar-refractivity contribution in [3.8, 4) is 0 Å². The van der Waals surface area contributed by atoms with Crippen LogP contribution in [0.2, 0.25) is 0 Å². The lowest BCUT2D eigenvalue weighted by atomic mass is 9.73. The molecular weight excluding hydrogens is 267 g/mol. The van der Waals surface area contributed by atoms with E-state index >= 15 is 0 Å². The number of nitrogens with one attached hydrogen (secondary N) is 1. The highest BCUT2D eigenvalue weighted by molar-refractivity contribution is 14.1. The third-order valence-corrected chi connectivity index (χ3v) is 4.31. The van der Waals surface area contributed by atoms with Gasteiger partial charge < -0.3 is 0 Å². The van der Waals surface area contributed by atoms with Crippen LogP contribution >= 0.6 is 22.6 Å². The van der Waals surface area contributed by atoms with E-state index in [1.165, 1.54) is 0 Å². The molecular formula is C8H11IN2O. The van der Waals surface area contributed by atoms with Crippen LogP contribution in [0.5, 0.6) is 0 Å². The van der Waals surface area contributed by atoms with Gasteiger partial charge >= 0.3 is 0 Å². The number of ketones is 1. The molecule has 0 aromatic carbocycles. The zero-order valence-electron chi connectivity index (χ0n) is 6.72. The molecule has 4 fully saturated rings. The van der Waals surface area contributed by atoms with Crippen LogP contribution in [-0.2, 0) is 4.79 Å². The minimum Gasteiger partial charge on any atom is -0.299 e. The number of piperidine rings is 1. The van der Waals surface area contributed by atoms with Crippen molar-refractivity contribution in [1.82, 2.24) is 10.4 Å². The molecule has 3 aliphatic heterocycles. The molecule has 0 spiro atoms. The zero-order chi connectivity index (χ0) is 8.34. The van der Waals surface area contributed by atoms with Crippen molar-refractivity contribution >= 4 is 28.4 Å². The first-order valence-corrected chi connectivity index (χ1v) is 5.50. The molecule has 2 atom stereocenters. The molecule has 1 saturated carbocycles. The Bertz CT molecular complexity index is 237. The van der Waals surface area contributed by atoms with E-state index in [0.29, 0.717) is 17.6 Å². The fourth-order valence-electron chi connectivity index (χ4n) is 2.78. The molecule has 66 valence electrons. The number of hydrogen-bond acceptors (Lipinski definition) is 3. The maximum absolute atomic E-state index is 11.7. The number of nitrogens with zero attached hydrogens (tertiary/aromatic N) is 1. The predicted molar refractivity (Wildman–Crippen MR) is 52.7 cm³/mol. The molecule has 4 bridgehead atoms. The molecule has 0 aromatic rings. The van der Waals surface area contributed by atoms with Crippen LogP contribution in [0.15, 0.2) is 0 Å². The summed E-state index contributed by atoms with van der Waals surface area (Å²) in [7, 11) is 0. The second-order valence-electron chi connectivity index (χ2n) is 4.19. The summed E-state index contributed by atoms with van der Waals surface area (Å²) in [5.74, 6) is 1.19. The summed E-state index contributed by atoms with van der Waals surface area (Å²) in [6, 6.07) is 0. The lowest BCUT2D eigenvalue weighted by Crippen LogP contribution is -2.70. The molecule has 12 heavy (non-hydrogen) atoms. The minimum absolute atomic E-state index is 0.206. The van der Waals surface area contributed by atoms with E-state index in [0.717, 1.165) is 25.9 Å². The van der Waals surface area contributed by atoms with Crippen molar-refractivity contribution in [2.45, 2.75) is 16.4 Å². The third kappa shape index (κ3) is 0.914. The average Bonchev–Trinajstić information content (AvgIpc) is 1.96. The highest BCUT2D eigenvalue weighted by atomic mass is 127. The standard InChI is InChI=1S/C8H11IN2O/c9-8-1-5-3-11(10-8)4-6(2-8)7(5)12/h5-6,10H,1-4H2. The summed E-state index contributed by atoms with van der Waals surface area (Å²) >= 11 is 2.47. The van der Waals surface area contributed by atoms with Crippen molar-refractivity contribution in [2.24, 2.45) is 11.8 Å². The number of halogens is 1. The molecule has 3 nitrogen and oxygen atoms in total. The van der Waals surface area contributed by atoms with E-state index < -0.39 is 0 Å². The monoisotopic (exact) mass is 278 g/mol. The van der Waals surface area contributed by atoms with Crippen LogP contribution in [0.4, 0.5) is 0 Å². The molecule has 2 unspecified atom stereocenters. The predicted octanol–water partition coefficient (Wildman–Crippen LogP) is 0.547. The van der Waals surface area contributed by atoms with Gasteiger partial charge in [-0.15, -0.1) is 0 Å². The highest BCUT2D eigenvalue weighted by Crippen LogP contribution is 2.45. The van der Waals surface area contributed by atoms with Gasteiger partial charge in [0.25, 0.3) is 0 Å². The number of carbonyl (C=O) groups excluding carboxylic acids is 1. The first-order chi connectivity index (χ1) is 5.66. The maximum Gasteiger partial charge on any atom is 0.141 e. The Morgan fingerprint density at radius 2 is 2.00 bits per heavy atom. The Balaban J connectivity index is 2.00. The number of hydrazine groups is 1. The topological polar surface area (TPSA) is 32.3 Å². The Labute approximate surface area is 85.0 Å². The Hall–Kier alpha value is 0.320. The number of alkyl halides is 1. The maximum atomic E-state index is 11.7. The van der Waals surface area contributed by atoms with Gasteiger partial charge in [0.15, 0.2) is 0 Å². The molecule has 1 N–H and O–H groups in total. The van der Waals surface area contributed by atoms with Gasteiger partial charge in [0.2, 0.25) is 0 Å². The molecule has 4 rings (SSSR count). The molecule has 0 radical (unpaired) electrons.